The summed E-state index contributed by atoms with van der Waals surface area (Å²) in [6.45, 7) is 2.46. The average molecular weight is 318 g/mol. The summed E-state index contributed by atoms with van der Waals surface area (Å²) < 4.78 is 16.4. The summed E-state index contributed by atoms with van der Waals surface area (Å²) in [6.07, 6.45) is 5.29. The van der Waals surface area contributed by atoms with Crippen LogP contribution in [-0.4, -0.2) is 57.8 Å². The van der Waals surface area contributed by atoms with Gasteiger partial charge in [-0.25, -0.2) is 8.91 Å². The van der Waals surface area contributed by atoms with Crippen molar-refractivity contribution in [2.75, 3.05) is 31.1 Å². The van der Waals surface area contributed by atoms with Gasteiger partial charge in [-0.1, -0.05) is 0 Å². The molecule has 7 heteroatoms. The van der Waals surface area contributed by atoms with Crippen molar-refractivity contribution in [3.8, 4) is 0 Å². The number of halogens is 1. The molecule has 2 fully saturated rings. The fourth-order valence-electron chi connectivity index (χ4n) is 3.49. The van der Waals surface area contributed by atoms with Gasteiger partial charge in [-0.2, -0.15) is 5.10 Å². The summed E-state index contributed by atoms with van der Waals surface area (Å²) in [5.74, 6) is -0.663. The lowest BCUT2D eigenvalue weighted by Gasteiger charge is -2.19. The summed E-state index contributed by atoms with van der Waals surface area (Å²) in [6, 6.07) is 1.72. The van der Waals surface area contributed by atoms with Crippen molar-refractivity contribution < 1.29 is 14.3 Å². The number of hydrogen-bond acceptors (Lipinski definition) is 4. The molecule has 23 heavy (non-hydrogen) atoms. The lowest BCUT2D eigenvalue weighted by atomic mass is 10.2. The van der Waals surface area contributed by atoms with Crippen LogP contribution >= 0.6 is 0 Å². The summed E-state index contributed by atoms with van der Waals surface area (Å²) >= 11 is 0. The fraction of sp³-hybridized carbons (Fsp3) is 0.500. The number of nitrogens with zero attached hydrogens (tertiary/aromatic N) is 4. The number of anilines is 1. The molecule has 122 valence electrons. The van der Waals surface area contributed by atoms with Gasteiger partial charge in [0.15, 0.2) is 5.82 Å². The first-order valence-corrected chi connectivity index (χ1v) is 8.03. The monoisotopic (exact) mass is 318 g/mol. The molecule has 4 heterocycles. The Kier molecular flexibility index (Phi) is 3.45. The highest BCUT2D eigenvalue weighted by Crippen LogP contribution is 2.28. The Bertz CT molecular complexity index is 754. The standard InChI is InChI=1S/C16H19FN4O2/c17-14-13(19-5-1-2-6-19)4-8-21-15(14)12(9-18-21)16(23)20-7-3-11(22)10-20/h4,8-9,11,22H,1-3,5-7,10H2. The average Bonchev–Trinajstić information content (AvgIpc) is 3.26. The lowest BCUT2D eigenvalue weighted by molar-refractivity contribution is 0.0766. The molecule has 0 bridgehead atoms. The highest BCUT2D eigenvalue weighted by molar-refractivity contribution is 6.01. The van der Waals surface area contributed by atoms with Crippen LogP contribution in [0.1, 0.15) is 29.6 Å². The first-order chi connectivity index (χ1) is 11.1. The number of aliphatic hydroxyl groups excluding tert-OH is 1. The molecule has 4 rings (SSSR count). The molecule has 1 unspecified atom stereocenters. The second-order valence-electron chi connectivity index (χ2n) is 6.25. The van der Waals surface area contributed by atoms with E-state index in [1.54, 1.807) is 17.2 Å². The minimum absolute atomic E-state index is 0.223. The second kappa shape index (κ2) is 5.49. The number of β-amino-alcohol motifs (C(OH)–C–C–N with tert-alkyl or cyclic N) is 1. The van der Waals surface area contributed by atoms with Crippen LogP contribution in [0.5, 0.6) is 0 Å². The molecule has 2 saturated heterocycles. The van der Waals surface area contributed by atoms with Gasteiger partial charge in [0.1, 0.15) is 5.52 Å². The van der Waals surface area contributed by atoms with E-state index in [0.717, 1.165) is 25.9 Å². The third kappa shape index (κ3) is 2.35. The third-order valence-corrected chi connectivity index (χ3v) is 4.73. The van der Waals surface area contributed by atoms with E-state index in [4.69, 9.17) is 0 Å². The number of aliphatic hydroxyl groups is 1. The molecule has 2 aliphatic rings. The van der Waals surface area contributed by atoms with E-state index >= 15 is 4.39 Å². The van der Waals surface area contributed by atoms with Crippen LogP contribution in [0, 0.1) is 5.82 Å². The van der Waals surface area contributed by atoms with E-state index in [0.29, 0.717) is 25.2 Å². The normalized spacial score (nSPS) is 21.6. The molecule has 0 radical (unpaired) electrons. The molecule has 0 aromatic carbocycles. The minimum atomic E-state index is -0.495. The van der Waals surface area contributed by atoms with Gasteiger partial charge >= 0.3 is 0 Å². The number of aromatic nitrogens is 2. The summed E-state index contributed by atoms with van der Waals surface area (Å²) in [5, 5.41) is 13.7. The first-order valence-electron chi connectivity index (χ1n) is 8.03. The van der Waals surface area contributed by atoms with Crippen LogP contribution in [-0.2, 0) is 0 Å². The summed E-state index contributed by atoms with van der Waals surface area (Å²) in [7, 11) is 0. The van der Waals surface area contributed by atoms with Crippen LogP contribution in [0.25, 0.3) is 5.52 Å². The fourth-order valence-corrected chi connectivity index (χ4v) is 3.49. The van der Waals surface area contributed by atoms with Crippen LogP contribution in [0.15, 0.2) is 18.5 Å². The second-order valence-corrected chi connectivity index (χ2v) is 6.25. The zero-order chi connectivity index (χ0) is 16.0. The number of carbonyl (C=O) groups excluding carboxylic acids is 1. The molecule has 1 N–H and O–H groups in total. The van der Waals surface area contributed by atoms with Crippen molar-refractivity contribution >= 4 is 17.1 Å². The Labute approximate surface area is 133 Å². The van der Waals surface area contributed by atoms with Gasteiger partial charge in [-0.3, -0.25) is 4.79 Å². The van der Waals surface area contributed by atoms with Crippen LogP contribution in [0.3, 0.4) is 0 Å². The van der Waals surface area contributed by atoms with E-state index in [-0.39, 0.29) is 17.0 Å². The van der Waals surface area contributed by atoms with Crippen molar-refractivity contribution in [3.63, 3.8) is 0 Å². The Hall–Kier alpha value is -2.15. The third-order valence-electron chi connectivity index (χ3n) is 4.73. The van der Waals surface area contributed by atoms with Crippen LogP contribution in [0.4, 0.5) is 10.1 Å². The van der Waals surface area contributed by atoms with Gasteiger partial charge < -0.3 is 14.9 Å². The smallest absolute Gasteiger partial charge is 0.257 e. The molecule has 1 amide bonds. The molecule has 0 saturated carbocycles. The summed E-state index contributed by atoms with van der Waals surface area (Å²) in [5.41, 5.74) is 1.02. The molecular weight excluding hydrogens is 299 g/mol. The van der Waals surface area contributed by atoms with Crippen molar-refractivity contribution in [1.82, 2.24) is 14.5 Å². The minimum Gasteiger partial charge on any atom is -0.391 e. The van der Waals surface area contributed by atoms with E-state index in [1.807, 2.05) is 4.90 Å². The predicted octanol–water partition coefficient (Wildman–Crippen LogP) is 1.28. The molecule has 2 aromatic rings. The van der Waals surface area contributed by atoms with Crippen molar-refractivity contribution in [2.45, 2.75) is 25.4 Å². The number of fused-ring (bicyclic) bond motifs is 1. The maximum absolute atomic E-state index is 15.0. The van der Waals surface area contributed by atoms with Gasteiger partial charge in [-0.15, -0.1) is 0 Å². The Morgan fingerprint density at radius 3 is 2.78 bits per heavy atom. The van der Waals surface area contributed by atoms with Crippen molar-refractivity contribution in [2.24, 2.45) is 0 Å². The number of likely N-dealkylation sites (tertiary alicyclic amines) is 1. The van der Waals surface area contributed by atoms with Crippen molar-refractivity contribution in [1.29, 1.82) is 0 Å². The highest BCUT2D eigenvalue weighted by Gasteiger charge is 2.29. The zero-order valence-electron chi connectivity index (χ0n) is 12.8. The Morgan fingerprint density at radius 1 is 1.30 bits per heavy atom. The number of amides is 1. The highest BCUT2D eigenvalue weighted by atomic mass is 19.1. The quantitative estimate of drug-likeness (QED) is 0.906. The number of carbonyl (C=O) groups is 1. The van der Waals surface area contributed by atoms with Gasteiger partial charge in [0.05, 0.1) is 23.6 Å². The molecular formula is C16H19FN4O2. The number of hydrogen-bond donors (Lipinski definition) is 1. The lowest BCUT2D eigenvalue weighted by Crippen LogP contribution is -2.29. The molecule has 1 atom stereocenters. The maximum atomic E-state index is 15.0. The SMILES string of the molecule is O=C(c1cnn2ccc(N3CCCC3)c(F)c12)N1CCC(O)C1. The largest absolute Gasteiger partial charge is 0.391 e. The van der Waals surface area contributed by atoms with Gasteiger partial charge in [0.25, 0.3) is 5.91 Å². The number of rotatable bonds is 2. The van der Waals surface area contributed by atoms with Gasteiger partial charge in [-0.05, 0) is 25.3 Å². The molecule has 0 aliphatic carbocycles. The summed E-state index contributed by atoms with van der Waals surface area (Å²) in [4.78, 5) is 16.2. The van der Waals surface area contributed by atoms with E-state index in [1.165, 1.54) is 10.7 Å². The predicted molar refractivity (Wildman–Crippen MR) is 83.1 cm³/mol. The van der Waals surface area contributed by atoms with E-state index in [2.05, 4.69) is 5.10 Å². The van der Waals surface area contributed by atoms with E-state index in [9.17, 15) is 9.90 Å². The topological polar surface area (TPSA) is 61.1 Å². The van der Waals surface area contributed by atoms with Crippen LogP contribution < -0.4 is 4.90 Å². The Balaban J connectivity index is 1.75. The van der Waals surface area contributed by atoms with Gasteiger partial charge in [0.2, 0.25) is 0 Å². The van der Waals surface area contributed by atoms with E-state index < -0.39 is 11.9 Å². The molecule has 2 aliphatic heterocycles. The van der Waals surface area contributed by atoms with Crippen LogP contribution in [0.2, 0.25) is 0 Å². The van der Waals surface area contributed by atoms with Gasteiger partial charge in [0, 0.05) is 32.4 Å². The van der Waals surface area contributed by atoms with Crippen molar-refractivity contribution in [3.05, 3.63) is 29.8 Å². The molecule has 6 nitrogen and oxygen atoms in total. The number of pyridine rings is 1. The molecule has 2 aromatic heterocycles. The first kappa shape index (κ1) is 14.4. The maximum Gasteiger partial charge on any atom is 0.257 e. The Morgan fingerprint density at radius 2 is 2.09 bits per heavy atom. The molecule has 0 spiro atoms. The zero-order valence-corrected chi connectivity index (χ0v) is 12.8.